The first-order chi connectivity index (χ1) is 8.07. The Morgan fingerprint density at radius 1 is 1.22 bits per heavy atom. The molecule has 3 aliphatic rings. The number of benzene rings is 1. The number of likely N-dealkylation sites (N-methyl/N-ethyl adjacent to an activating group) is 1. The number of halogens is 1. The quantitative estimate of drug-likeness (QED) is 0.664. The summed E-state index contributed by atoms with van der Waals surface area (Å²) in [5, 5.41) is 11.2. The van der Waals surface area contributed by atoms with E-state index in [-0.39, 0.29) is 12.4 Å². The van der Waals surface area contributed by atoms with Crippen LogP contribution in [-0.4, -0.2) is 29.7 Å². The highest BCUT2D eigenvalue weighted by molar-refractivity contribution is 5.32. The fourth-order valence-electron chi connectivity index (χ4n) is 3.57. The molecule has 3 saturated heterocycles. The van der Waals surface area contributed by atoms with Crippen LogP contribution in [0.2, 0.25) is 0 Å². The molecular formula is C15H20ClNO. The first kappa shape index (κ1) is 13.6. The normalized spacial score (nSPS) is 38.3. The third-order valence-electron chi connectivity index (χ3n) is 4.84. The molecule has 1 atom stereocenters. The molecule has 3 heteroatoms. The van der Waals surface area contributed by atoms with Crippen molar-refractivity contribution in [3.63, 3.8) is 0 Å². The van der Waals surface area contributed by atoms with E-state index in [0.717, 1.165) is 41.7 Å². The minimum absolute atomic E-state index is 0. The van der Waals surface area contributed by atoms with Crippen molar-refractivity contribution >= 4 is 0 Å². The maximum absolute atomic E-state index is 11.2. The topological polar surface area (TPSA) is 20.2 Å². The molecular weight excluding hydrogens is 246 g/mol. The molecule has 0 aromatic heterocycles. The number of fused-ring (bicyclic) bond motifs is 3. The van der Waals surface area contributed by atoms with Gasteiger partial charge in [-0.1, -0.05) is 30.3 Å². The molecule has 2 nitrogen and oxygen atoms in total. The zero-order valence-electron chi connectivity index (χ0n) is 10.8. The van der Waals surface area contributed by atoms with Gasteiger partial charge in [-0.25, -0.2) is 0 Å². The summed E-state index contributed by atoms with van der Waals surface area (Å²) in [5.74, 6) is 0.345. The summed E-state index contributed by atoms with van der Waals surface area (Å²) in [5.41, 5.74) is 1.18. The highest BCUT2D eigenvalue weighted by atomic mass is 35.5. The predicted molar refractivity (Wildman–Crippen MR) is 68.1 cm³/mol. The monoisotopic (exact) mass is 265 g/mol. The molecule has 3 heterocycles. The SMILES string of the molecule is C=C1C(O)(c2ccccc2)C2CC[N+]1(C)CC2.[Cl-]. The van der Waals surface area contributed by atoms with E-state index in [1.165, 1.54) is 0 Å². The molecule has 1 aromatic rings. The highest BCUT2D eigenvalue weighted by Crippen LogP contribution is 2.51. The van der Waals surface area contributed by atoms with Crippen LogP contribution in [0.1, 0.15) is 18.4 Å². The molecule has 0 radical (unpaired) electrons. The second kappa shape index (κ2) is 4.37. The molecule has 1 N–H and O–H groups in total. The Morgan fingerprint density at radius 2 is 1.78 bits per heavy atom. The Kier molecular flexibility index (Phi) is 3.30. The highest BCUT2D eigenvalue weighted by Gasteiger charge is 2.57. The summed E-state index contributed by atoms with van der Waals surface area (Å²) in [6, 6.07) is 10.0. The van der Waals surface area contributed by atoms with E-state index >= 15 is 0 Å². The molecule has 1 aromatic carbocycles. The van der Waals surface area contributed by atoms with Crippen molar-refractivity contribution < 1.29 is 22.0 Å². The molecule has 2 bridgehead atoms. The molecule has 3 fully saturated rings. The largest absolute Gasteiger partial charge is 1.00 e. The van der Waals surface area contributed by atoms with Gasteiger partial charge in [0, 0.05) is 18.8 Å². The zero-order chi connectivity index (χ0) is 12.1. The Hall–Kier alpha value is -0.830. The Morgan fingerprint density at radius 3 is 2.33 bits per heavy atom. The van der Waals surface area contributed by atoms with Gasteiger partial charge in [0.1, 0.15) is 5.70 Å². The number of hydrogen-bond acceptors (Lipinski definition) is 1. The smallest absolute Gasteiger partial charge is 0.166 e. The van der Waals surface area contributed by atoms with Crippen LogP contribution < -0.4 is 12.4 Å². The van der Waals surface area contributed by atoms with Gasteiger partial charge in [-0.05, 0) is 12.1 Å². The van der Waals surface area contributed by atoms with Crippen molar-refractivity contribution in [2.24, 2.45) is 5.92 Å². The molecule has 3 aliphatic heterocycles. The number of nitrogens with zero attached hydrogens (tertiary/aromatic N) is 1. The van der Waals surface area contributed by atoms with Crippen LogP contribution in [0.5, 0.6) is 0 Å². The van der Waals surface area contributed by atoms with Crippen LogP contribution in [0.15, 0.2) is 42.6 Å². The minimum Gasteiger partial charge on any atom is -1.00 e. The van der Waals surface area contributed by atoms with Gasteiger partial charge in [0.25, 0.3) is 0 Å². The number of piperidine rings is 3. The van der Waals surface area contributed by atoms with E-state index in [4.69, 9.17) is 0 Å². The molecule has 0 spiro atoms. The predicted octanol–water partition coefficient (Wildman–Crippen LogP) is -0.738. The van der Waals surface area contributed by atoms with E-state index in [2.05, 4.69) is 13.6 Å². The van der Waals surface area contributed by atoms with Crippen molar-refractivity contribution in [1.82, 2.24) is 0 Å². The van der Waals surface area contributed by atoms with E-state index in [1.807, 2.05) is 30.3 Å². The fourth-order valence-corrected chi connectivity index (χ4v) is 3.57. The summed E-state index contributed by atoms with van der Waals surface area (Å²) in [6.07, 6.45) is 2.20. The number of aliphatic hydroxyl groups is 1. The van der Waals surface area contributed by atoms with E-state index < -0.39 is 5.60 Å². The van der Waals surface area contributed by atoms with Gasteiger partial charge < -0.3 is 17.5 Å². The van der Waals surface area contributed by atoms with Crippen LogP contribution in [0.3, 0.4) is 0 Å². The van der Waals surface area contributed by atoms with Crippen LogP contribution in [-0.2, 0) is 5.60 Å². The molecule has 0 amide bonds. The lowest BCUT2D eigenvalue weighted by Gasteiger charge is -2.55. The lowest BCUT2D eigenvalue weighted by molar-refractivity contribution is -0.896. The van der Waals surface area contributed by atoms with Crippen molar-refractivity contribution in [1.29, 1.82) is 0 Å². The van der Waals surface area contributed by atoms with Crippen molar-refractivity contribution in [3.8, 4) is 0 Å². The molecule has 0 aliphatic carbocycles. The van der Waals surface area contributed by atoms with Crippen LogP contribution in [0, 0.1) is 5.92 Å². The Labute approximate surface area is 115 Å². The average molecular weight is 266 g/mol. The van der Waals surface area contributed by atoms with Crippen LogP contribution in [0.4, 0.5) is 0 Å². The van der Waals surface area contributed by atoms with E-state index in [9.17, 15) is 5.11 Å². The summed E-state index contributed by atoms with van der Waals surface area (Å²) >= 11 is 0. The van der Waals surface area contributed by atoms with Crippen molar-refractivity contribution in [3.05, 3.63) is 48.2 Å². The zero-order valence-corrected chi connectivity index (χ0v) is 11.5. The second-order valence-electron chi connectivity index (χ2n) is 5.70. The lowest BCUT2D eigenvalue weighted by atomic mass is 9.68. The Bertz CT molecular complexity index is 451. The van der Waals surface area contributed by atoms with E-state index in [0.29, 0.717) is 5.92 Å². The van der Waals surface area contributed by atoms with Gasteiger partial charge in [-0.3, -0.25) is 4.48 Å². The van der Waals surface area contributed by atoms with Gasteiger partial charge in [-0.15, -0.1) is 0 Å². The molecule has 98 valence electrons. The molecule has 1 unspecified atom stereocenters. The van der Waals surface area contributed by atoms with Crippen molar-refractivity contribution in [2.75, 3.05) is 20.1 Å². The van der Waals surface area contributed by atoms with Gasteiger partial charge in [-0.2, -0.15) is 0 Å². The van der Waals surface area contributed by atoms with Gasteiger partial charge in [0.05, 0.1) is 20.1 Å². The average Bonchev–Trinajstić information content (AvgIpc) is 2.37. The first-order valence-electron chi connectivity index (χ1n) is 6.40. The summed E-state index contributed by atoms with van der Waals surface area (Å²) in [7, 11) is 2.20. The fraction of sp³-hybridized carbons (Fsp3) is 0.467. The number of quaternary nitrogens is 1. The number of rotatable bonds is 1. The van der Waals surface area contributed by atoms with Gasteiger partial charge in [0.15, 0.2) is 5.60 Å². The molecule has 4 rings (SSSR count). The van der Waals surface area contributed by atoms with Crippen molar-refractivity contribution in [2.45, 2.75) is 18.4 Å². The molecule has 0 saturated carbocycles. The Balaban J connectivity index is 0.00000120. The van der Waals surface area contributed by atoms with Gasteiger partial charge >= 0.3 is 0 Å². The third kappa shape index (κ3) is 1.63. The van der Waals surface area contributed by atoms with Crippen LogP contribution in [0.25, 0.3) is 0 Å². The minimum atomic E-state index is -0.813. The second-order valence-corrected chi connectivity index (χ2v) is 5.70. The summed E-state index contributed by atoms with van der Waals surface area (Å²) in [6.45, 7) is 6.47. The third-order valence-corrected chi connectivity index (χ3v) is 4.84. The van der Waals surface area contributed by atoms with Crippen LogP contribution >= 0.6 is 0 Å². The van der Waals surface area contributed by atoms with E-state index in [1.54, 1.807) is 0 Å². The standard InChI is InChI=1S/C15H20NO.ClH/c1-12-15(17,13-6-4-3-5-7-13)14-8-10-16(12,2)11-9-14;/h3-7,14,17H,1,8-11H2,2H3;1H/q+1;/p-1. The maximum Gasteiger partial charge on any atom is 0.166 e. The number of hydrogen-bond donors (Lipinski definition) is 1. The summed E-state index contributed by atoms with van der Waals surface area (Å²) < 4.78 is 0.835. The maximum atomic E-state index is 11.2. The first-order valence-corrected chi connectivity index (χ1v) is 6.40. The lowest BCUT2D eigenvalue weighted by Crippen LogP contribution is -3.00. The molecule has 18 heavy (non-hydrogen) atoms. The summed E-state index contributed by atoms with van der Waals surface area (Å²) in [4.78, 5) is 0. The van der Waals surface area contributed by atoms with Gasteiger partial charge in [0.2, 0.25) is 0 Å².